The van der Waals surface area contributed by atoms with Crippen LogP contribution in [-0.2, 0) is 6.54 Å². The Morgan fingerprint density at radius 1 is 1.25 bits per heavy atom. The summed E-state index contributed by atoms with van der Waals surface area (Å²) in [6.07, 6.45) is 0. The van der Waals surface area contributed by atoms with Crippen LogP contribution < -0.4 is 10.2 Å². The average Bonchev–Trinajstić information content (AvgIpc) is 2.18. The molecule has 1 saturated heterocycles. The number of benzene rings is 1. The summed E-state index contributed by atoms with van der Waals surface area (Å²) >= 11 is 0. The third-order valence-corrected chi connectivity index (χ3v) is 3.53. The van der Waals surface area contributed by atoms with Crippen molar-refractivity contribution >= 4 is 5.69 Å². The van der Waals surface area contributed by atoms with E-state index in [0.717, 1.165) is 18.4 Å². The van der Waals surface area contributed by atoms with Gasteiger partial charge < -0.3 is 10.2 Å². The lowest BCUT2D eigenvalue weighted by molar-refractivity contribution is 0.310. The van der Waals surface area contributed by atoms with Crippen molar-refractivity contribution in [1.29, 1.82) is 0 Å². The molecule has 1 N–H and O–H groups in total. The Labute approximate surface area is 98.7 Å². The molecule has 16 heavy (non-hydrogen) atoms. The van der Waals surface area contributed by atoms with Crippen LogP contribution >= 0.6 is 0 Å². The van der Waals surface area contributed by atoms with Crippen molar-refractivity contribution in [2.24, 2.45) is 11.8 Å². The smallest absolute Gasteiger partial charge is 0.0366 e. The van der Waals surface area contributed by atoms with Gasteiger partial charge in [0.1, 0.15) is 0 Å². The quantitative estimate of drug-likeness (QED) is 0.835. The monoisotopic (exact) mass is 218 g/mol. The van der Waals surface area contributed by atoms with Gasteiger partial charge in [0.25, 0.3) is 0 Å². The first-order valence-electron chi connectivity index (χ1n) is 6.19. The topological polar surface area (TPSA) is 15.3 Å². The first-order chi connectivity index (χ1) is 7.70. The standard InChI is InChI=1S/C14H22N2/c1-11(2)13-9-16(10-13)14-6-4-12(5-7-14)8-15-3/h4-7,11,13,15H,8-10H2,1-3H3. The number of nitrogens with one attached hydrogen (secondary N) is 1. The molecule has 1 aliphatic heterocycles. The maximum absolute atomic E-state index is 3.17. The Morgan fingerprint density at radius 2 is 1.88 bits per heavy atom. The molecule has 2 nitrogen and oxygen atoms in total. The molecule has 1 aromatic carbocycles. The first kappa shape index (κ1) is 11.5. The van der Waals surface area contributed by atoms with Gasteiger partial charge in [-0.3, -0.25) is 0 Å². The van der Waals surface area contributed by atoms with Crippen molar-refractivity contribution in [2.45, 2.75) is 20.4 Å². The molecule has 1 heterocycles. The molecule has 0 aromatic heterocycles. The number of hydrogen-bond acceptors (Lipinski definition) is 2. The minimum atomic E-state index is 0.819. The summed E-state index contributed by atoms with van der Waals surface area (Å²) in [4.78, 5) is 2.47. The first-order valence-corrected chi connectivity index (χ1v) is 6.19. The molecule has 1 aromatic rings. The van der Waals surface area contributed by atoms with E-state index in [1.165, 1.54) is 24.3 Å². The maximum Gasteiger partial charge on any atom is 0.0366 e. The van der Waals surface area contributed by atoms with Gasteiger partial charge in [-0.05, 0) is 36.6 Å². The molecule has 0 aliphatic carbocycles. The summed E-state index contributed by atoms with van der Waals surface area (Å²) in [5.41, 5.74) is 2.73. The highest BCUT2D eigenvalue weighted by Crippen LogP contribution is 2.28. The van der Waals surface area contributed by atoms with Crippen molar-refractivity contribution in [3.8, 4) is 0 Å². The van der Waals surface area contributed by atoms with Crippen LogP contribution in [0.1, 0.15) is 19.4 Å². The van der Waals surface area contributed by atoms with Gasteiger partial charge >= 0.3 is 0 Å². The molecule has 0 atom stereocenters. The van der Waals surface area contributed by atoms with Gasteiger partial charge in [0, 0.05) is 25.3 Å². The van der Waals surface area contributed by atoms with Crippen molar-refractivity contribution in [3.05, 3.63) is 29.8 Å². The van der Waals surface area contributed by atoms with E-state index in [9.17, 15) is 0 Å². The fourth-order valence-corrected chi connectivity index (χ4v) is 2.17. The van der Waals surface area contributed by atoms with Gasteiger partial charge in [-0.1, -0.05) is 26.0 Å². The van der Waals surface area contributed by atoms with Crippen LogP contribution in [-0.4, -0.2) is 20.1 Å². The average molecular weight is 218 g/mol. The predicted molar refractivity (Wildman–Crippen MR) is 69.7 cm³/mol. The predicted octanol–water partition coefficient (Wildman–Crippen LogP) is 2.50. The fourth-order valence-electron chi connectivity index (χ4n) is 2.17. The Balaban J connectivity index is 1.92. The lowest BCUT2D eigenvalue weighted by Gasteiger charge is -2.43. The highest BCUT2D eigenvalue weighted by molar-refractivity contribution is 5.49. The second-order valence-electron chi connectivity index (χ2n) is 5.11. The van der Waals surface area contributed by atoms with E-state index in [4.69, 9.17) is 0 Å². The molecule has 0 bridgehead atoms. The van der Waals surface area contributed by atoms with E-state index in [2.05, 4.69) is 48.3 Å². The van der Waals surface area contributed by atoms with Crippen LogP contribution in [0.3, 0.4) is 0 Å². The Kier molecular flexibility index (Phi) is 3.49. The number of hydrogen-bond donors (Lipinski definition) is 1. The van der Waals surface area contributed by atoms with Crippen LogP contribution in [0, 0.1) is 11.8 Å². The molecule has 88 valence electrons. The maximum atomic E-state index is 3.17. The molecule has 0 saturated carbocycles. The van der Waals surface area contributed by atoms with E-state index in [0.29, 0.717) is 0 Å². The third kappa shape index (κ3) is 2.38. The van der Waals surface area contributed by atoms with Gasteiger partial charge in [-0.25, -0.2) is 0 Å². The van der Waals surface area contributed by atoms with Gasteiger partial charge in [0.05, 0.1) is 0 Å². The van der Waals surface area contributed by atoms with Crippen LogP contribution in [0.25, 0.3) is 0 Å². The zero-order valence-corrected chi connectivity index (χ0v) is 10.5. The van der Waals surface area contributed by atoms with Crippen LogP contribution in [0.5, 0.6) is 0 Å². The summed E-state index contributed by atoms with van der Waals surface area (Å²) in [7, 11) is 1.98. The minimum Gasteiger partial charge on any atom is -0.371 e. The molecule has 0 unspecified atom stereocenters. The molecule has 1 aliphatic rings. The van der Waals surface area contributed by atoms with Crippen molar-refractivity contribution in [2.75, 3.05) is 25.0 Å². The molecule has 0 radical (unpaired) electrons. The summed E-state index contributed by atoms with van der Waals surface area (Å²) in [5, 5.41) is 3.17. The Bertz CT molecular complexity index is 323. The van der Waals surface area contributed by atoms with E-state index >= 15 is 0 Å². The van der Waals surface area contributed by atoms with Gasteiger partial charge in [-0.2, -0.15) is 0 Å². The molecular weight excluding hydrogens is 196 g/mol. The summed E-state index contributed by atoms with van der Waals surface area (Å²) in [6, 6.07) is 8.91. The minimum absolute atomic E-state index is 0.819. The van der Waals surface area contributed by atoms with Crippen LogP contribution in [0.2, 0.25) is 0 Å². The number of rotatable bonds is 4. The van der Waals surface area contributed by atoms with Crippen LogP contribution in [0.4, 0.5) is 5.69 Å². The van der Waals surface area contributed by atoms with Gasteiger partial charge in [0.2, 0.25) is 0 Å². The highest BCUT2D eigenvalue weighted by Gasteiger charge is 2.28. The lowest BCUT2D eigenvalue weighted by atomic mass is 9.88. The molecule has 0 amide bonds. The fraction of sp³-hybridized carbons (Fsp3) is 0.571. The van der Waals surface area contributed by atoms with E-state index < -0.39 is 0 Å². The molecular formula is C14H22N2. The SMILES string of the molecule is CNCc1ccc(N2CC(C(C)C)C2)cc1. The number of nitrogens with zero attached hydrogens (tertiary/aromatic N) is 1. The summed E-state index contributed by atoms with van der Waals surface area (Å²) in [6.45, 7) is 8.04. The highest BCUT2D eigenvalue weighted by atomic mass is 15.2. The summed E-state index contributed by atoms with van der Waals surface area (Å²) in [5.74, 6) is 1.71. The second-order valence-corrected chi connectivity index (χ2v) is 5.11. The Morgan fingerprint density at radius 3 is 2.38 bits per heavy atom. The van der Waals surface area contributed by atoms with E-state index in [-0.39, 0.29) is 0 Å². The molecule has 2 rings (SSSR count). The molecule has 0 spiro atoms. The zero-order chi connectivity index (χ0) is 11.5. The van der Waals surface area contributed by atoms with Crippen molar-refractivity contribution in [1.82, 2.24) is 5.32 Å². The number of anilines is 1. The zero-order valence-electron chi connectivity index (χ0n) is 10.5. The Hall–Kier alpha value is -1.02. The van der Waals surface area contributed by atoms with Crippen LogP contribution in [0.15, 0.2) is 24.3 Å². The van der Waals surface area contributed by atoms with Gasteiger partial charge in [-0.15, -0.1) is 0 Å². The lowest BCUT2D eigenvalue weighted by Crippen LogP contribution is -2.49. The second kappa shape index (κ2) is 4.88. The molecule has 2 heteroatoms. The van der Waals surface area contributed by atoms with Crippen molar-refractivity contribution < 1.29 is 0 Å². The third-order valence-electron chi connectivity index (χ3n) is 3.53. The van der Waals surface area contributed by atoms with Crippen molar-refractivity contribution in [3.63, 3.8) is 0 Å². The normalized spacial score (nSPS) is 16.6. The van der Waals surface area contributed by atoms with Gasteiger partial charge in [0.15, 0.2) is 0 Å². The van der Waals surface area contributed by atoms with E-state index in [1.807, 2.05) is 7.05 Å². The van der Waals surface area contributed by atoms with E-state index in [1.54, 1.807) is 0 Å². The summed E-state index contributed by atoms with van der Waals surface area (Å²) < 4.78 is 0. The largest absolute Gasteiger partial charge is 0.371 e. The molecule has 1 fully saturated rings.